The molecule has 32 heavy (non-hydrogen) atoms. The Balaban J connectivity index is 1.49. The minimum atomic E-state index is -0.975. The van der Waals surface area contributed by atoms with Crippen LogP contribution in [0.2, 0.25) is 0 Å². The molecule has 168 valence electrons. The number of fused-ring (bicyclic) bond motifs is 1. The van der Waals surface area contributed by atoms with E-state index in [1.807, 2.05) is 48.7 Å². The summed E-state index contributed by atoms with van der Waals surface area (Å²) in [5, 5.41) is 23.0. The number of likely N-dealkylation sites (N-methyl/N-ethyl adjacent to an activating group) is 1. The third-order valence-electron chi connectivity index (χ3n) is 5.83. The fourth-order valence-corrected chi connectivity index (χ4v) is 3.89. The van der Waals surface area contributed by atoms with Crippen molar-refractivity contribution in [1.82, 2.24) is 14.9 Å². The van der Waals surface area contributed by atoms with Crippen molar-refractivity contribution in [3.8, 4) is 16.9 Å². The van der Waals surface area contributed by atoms with Crippen molar-refractivity contribution in [3.63, 3.8) is 0 Å². The number of anilines is 1. The van der Waals surface area contributed by atoms with Gasteiger partial charge in [-0.25, -0.2) is 14.8 Å². The first-order valence-corrected chi connectivity index (χ1v) is 10.9. The predicted octanol–water partition coefficient (Wildman–Crippen LogP) is 4.00. The second-order valence-electron chi connectivity index (χ2n) is 8.16. The summed E-state index contributed by atoms with van der Waals surface area (Å²) in [4.78, 5) is 21.3. The van der Waals surface area contributed by atoms with Crippen molar-refractivity contribution in [2.24, 2.45) is 0 Å². The van der Waals surface area contributed by atoms with Crippen LogP contribution in [-0.4, -0.2) is 63.5 Å². The van der Waals surface area contributed by atoms with Crippen molar-refractivity contribution in [2.75, 3.05) is 25.5 Å². The highest BCUT2D eigenvalue weighted by atomic mass is 16.5. The van der Waals surface area contributed by atoms with Gasteiger partial charge in [-0.2, -0.15) is 0 Å². The topological polar surface area (TPSA) is 108 Å². The Bertz CT molecular complexity index is 1070. The van der Waals surface area contributed by atoms with Crippen molar-refractivity contribution in [1.29, 1.82) is 0 Å². The first-order chi connectivity index (χ1) is 15.5. The minimum absolute atomic E-state index is 0.192. The van der Waals surface area contributed by atoms with Gasteiger partial charge in [0.2, 0.25) is 5.95 Å². The van der Waals surface area contributed by atoms with Gasteiger partial charge in [0.15, 0.2) is 0 Å². The number of carboxylic acid groups (broad SMARTS) is 1. The summed E-state index contributed by atoms with van der Waals surface area (Å²) < 4.78 is 5.66. The standard InChI is InChI=1S/C24H28N4O4/c1-28(24(30)31)13-14-32-20-11-5-16(6-12-20)21-4-2-3-17-15-25-23(27-22(17)21)26-18-7-9-19(29)10-8-18/h2-6,11-12,15,18-19,29H,7-10,13-14H2,1H3,(H,30,31)(H,25,26,27). The molecule has 1 aliphatic carbocycles. The van der Waals surface area contributed by atoms with Crippen molar-refractivity contribution in [2.45, 2.75) is 37.8 Å². The van der Waals surface area contributed by atoms with E-state index in [9.17, 15) is 9.90 Å². The summed E-state index contributed by atoms with van der Waals surface area (Å²) in [6, 6.07) is 14.0. The molecule has 3 N–H and O–H groups in total. The molecule has 1 saturated carbocycles. The number of hydrogen-bond donors (Lipinski definition) is 3. The van der Waals surface area contributed by atoms with Crippen molar-refractivity contribution >= 4 is 22.9 Å². The zero-order valence-electron chi connectivity index (χ0n) is 18.1. The molecule has 0 bridgehead atoms. The van der Waals surface area contributed by atoms with Crippen LogP contribution in [0.15, 0.2) is 48.7 Å². The maximum absolute atomic E-state index is 10.8. The van der Waals surface area contributed by atoms with E-state index in [4.69, 9.17) is 14.8 Å². The van der Waals surface area contributed by atoms with E-state index >= 15 is 0 Å². The number of nitrogens with one attached hydrogen (secondary N) is 1. The summed E-state index contributed by atoms with van der Waals surface area (Å²) in [5.41, 5.74) is 2.89. The molecule has 0 aliphatic heterocycles. The molecule has 8 heteroatoms. The lowest BCUT2D eigenvalue weighted by Crippen LogP contribution is -2.29. The first kappa shape index (κ1) is 21.8. The van der Waals surface area contributed by atoms with Crippen LogP contribution >= 0.6 is 0 Å². The lowest BCUT2D eigenvalue weighted by Gasteiger charge is -2.26. The molecule has 1 heterocycles. The normalized spacial score (nSPS) is 18.3. The number of aliphatic hydroxyl groups is 1. The molecule has 1 fully saturated rings. The SMILES string of the molecule is CN(CCOc1ccc(-c2cccc3cnc(NC4CCC(O)CC4)nc23)cc1)C(=O)O. The van der Waals surface area contributed by atoms with Gasteiger partial charge in [0.25, 0.3) is 0 Å². The number of amides is 1. The Morgan fingerprint density at radius 3 is 2.62 bits per heavy atom. The highest BCUT2D eigenvalue weighted by Crippen LogP contribution is 2.29. The average Bonchev–Trinajstić information content (AvgIpc) is 2.80. The van der Waals surface area contributed by atoms with Crippen molar-refractivity contribution < 1.29 is 19.7 Å². The largest absolute Gasteiger partial charge is 0.492 e. The number of rotatable bonds is 7. The van der Waals surface area contributed by atoms with Gasteiger partial charge in [-0.05, 0) is 43.4 Å². The molecule has 0 unspecified atom stereocenters. The van der Waals surface area contributed by atoms with Crippen LogP contribution in [0.25, 0.3) is 22.0 Å². The van der Waals surface area contributed by atoms with E-state index in [-0.39, 0.29) is 18.8 Å². The van der Waals surface area contributed by atoms with Gasteiger partial charge in [0.1, 0.15) is 12.4 Å². The number of benzene rings is 2. The van der Waals surface area contributed by atoms with Gasteiger partial charge >= 0.3 is 6.09 Å². The Labute approximate surface area is 186 Å². The van der Waals surface area contributed by atoms with Gasteiger partial charge in [-0.1, -0.05) is 30.3 Å². The van der Waals surface area contributed by atoms with Crippen LogP contribution in [0, 0.1) is 0 Å². The summed E-state index contributed by atoms with van der Waals surface area (Å²) >= 11 is 0. The van der Waals surface area contributed by atoms with E-state index in [0.29, 0.717) is 18.2 Å². The fourth-order valence-electron chi connectivity index (χ4n) is 3.89. The van der Waals surface area contributed by atoms with Crippen LogP contribution in [0.5, 0.6) is 5.75 Å². The molecule has 2 aromatic carbocycles. The molecule has 3 aromatic rings. The van der Waals surface area contributed by atoms with Gasteiger partial charge in [-0.3, -0.25) is 0 Å². The first-order valence-electron chi connectivity index (χ1n) is 10.9. The fraction of sp³-hybridized carbons (Fsp3) is 0.375. The van der Waals surface area contributed by atoms with Gasteiger partial charge in [0, 0.05) is 30.2 Å². The van der Waals surface area contributed by atoms with E-state index in [0.717, 1.165) is 47.7 Å². The number of aromatic nitrogens is 2. The van der Waals surface area contributed by atoms with E-state index in [2.05, 4.69) is 10.3 Å². The molecule has 1 aliphatic rings. The smallest absolute Gasteiger partial charge is 0.407 e. The number of nitrogens with zero attached hydrogens (tertiary/aromatic N) is 3. The zero-order chi connectivity index (χ0) is 22.5. The number of ether oxygens (including phenoxy) is 1. The van der Waals surface area contributed by atoms with Crippen LogP contribution in [-0.2, 0) is 0 Å². The molecule has 1 aromatic heterocycles. The van der Waals surface area contributed by atoms with Gasteiger partial charge < -0.3 is 25.2 Å². The second-order valence-corrected chi connectivity index (χ2v) is 8.16. The maximum Gasteiger partial charge on any atom is 0.407 e. The van der Waals surface area contributed by atoms with Crippen LogP contribution in [0.1, 0.15) is 25.7 Å². The lowest BCUT2D eigenvalue weighted by molar-refractivity contribution is 0.126. The zero-order valence-corrected chi connectivity index (χ0v) is 18.1. The van der Waals surface area contributed by atoms with E-state index < -0.39 is 6.09 Å². The monoisotopic (exact) mass is 436 g/mol. The van der Waals surface area contributed by atoms with Gasteiger partial charge in [-0.15, -0.1) is 0 Å². The molecule has 8 nitrogen and oxygen atoms in total. The molecule has 0 atom stereocenters. The lowest BCUT2D eigenvalue weighted by atomic mass is 9.93. The molecule has 0 spiro atoms. The third kappa shape index (κ3) is 5.26. The summed E-state index contributed by atoms with van der Waals surface area (Å²) in [6.07, 6.45) is 4.10. The number of hydrogen-bond acceptors (Lipinski definition) is 6. The molecule has 0 radical (unpaired) electrons. The molecular formula is C24H28N4O4. The van der Waals surface area contributed by atoms with E-state index in [1.54, 1.807) is 0 Å². The van der Waals surface area contributed by atoms with Crippen molar-refractivity contribution in [3.05, 3.63) is 48.7 Å². The Kier molecular flexibility index (Phi) is 6.70. The quantitative estimate of drug-likeness (QED) is 0.514. The van der Waals surface area contributed by atoms with Gasteiger partial charge in [0.05, 0.1) is 18.2 Å². The molecule has 4 rings (SSSR count). The number of carbonyl (C=O) groups is 1. The summed E-state index contributed by atoms with van der Waals surface area (Å²) in [7, 11) is 1.51. The Morgan fingerprint density at radius 1 is 1.16 bits per heavy atom. The summed E-state index contributed by atoms with van der Waals surface area (Å²) in [6.45, 7) is 0.587. The predicted molar refractivity (Wildman–Crippen MR) is 123 cm³/mol. The number of para-hydroxylation sites is 1. The highest BCUT2D eigenvalue weighted by molar-refractivity contribution is 5.93. The molecular weight excluding hydrogens is 408 g/mol. The number of aliphatic hydroxyl groups excluding tert-OH is 1. The minimum Gasteiger partial charge on any atom is -0.492 e. The average molecular weight is 437 g/mol. The van der Waals surface area contributed by atoms with Crippen LogP contribution in [0.3, 0.4) is 0 Å². The maximum atomic E-state index is 10.8. The second kappa shape index (κ2) is 9.82. The Hall–Kier alpha value is -3.39. The molecule has 0 saturated heterocycles. The van der Waals surface area contributed by atoms with Crippen LogP contribution < -0.4 is 10.1 Å². The van der Waals surface area contributed by atoms with E-state index in [1.165, 1.54) is 11.9 Å². The summed E-state index contributed by atoms with van der Waals surface area (Å²) in [5.74, 6) is 1.29. The van der Waals surface area contributed by atoms with Crippen LogP contribution in [0.4, 0.5) is 10.7 Å². The highest BCUT2D eigenvalue weighted by Gasteiger charge is 2.20. The Morgan fingerprint density at radius 2 is 1.91 bits per heavy atom. The molecule has 1 amide bonds. The third-order valence-corrected chi connectivity index (χ3v) is 5.83.